The number of hydrogen-bond donors (Lipinski definition) is 3. The number of ether oxygens (including phenoxy) is 2. The van der Waals surface area contributed by atoms with Gasteiger partial charge in [-0.3, -0.25) is 9.59 Å². The molecule has 10 heteroatoms. The molecule has 1 amide bonds. The molecule has 2 fully saturated rings. The summed E-state index contributed by atoms with van der Waals surface area (Å²) in [5.41, 5.74) is 2.33. The second kappa shape index (κ2) is 11.7. The van der Waals surface area contributed by atoms with Crippen molar-refractivity contribution in [1.29, 1.82) is 0 Å². The number of fused-ring (bicyclic) bond motifs is 1. The lowest BCUT2D eigenvalue weighted by molar-refractivity contribution is -0.138. The van der Waals surface area contributed by atoms with Crippen LogP contribution in [0, 0.1) is 11.7 Å². The Hall–Kier alpha value is -3.53. The van der Waals surface area contributed by atoms with Crippen molar-refractivity contribution in [2.24, 2.45) is 5.92 Å². The van der Waals surface area contributed by atoms with Gasteiger partial charge in [0.1, 0.15) is 34.7 Å². The Morgan fingerprint density at radius 1 is 1.19 bits per heavy atom. The average Bonchev–Trinajstić information content (AvgIpc) is 3.59. The number of rotatable bonds is 7. The molecule has 9 nitrogen and oxygen atoms in total. The summed E-state index contributed by atoms with van der Waals surface area (Å²) in [4.78, 5) is 34.3. The van der Waals surface area contributed by atoms with Crippen LogP contribution in [0.3, 0.4) is 0 Å². The van der Waals surface area contributed by atoms with Crippen LogP contribution in [0.2, 0.25) is 0 Å². The fraction of sp³-hybridized carbons (Fsp3) is 0.481. The van der Waals surface area contributed by atoms with Gasteiger partial charge in [0, 0.05) is 17.8 Å². The van der Waals surface area contributed by atoms with E-state index in [2.05, 4.69) is 30.3 Å². The van der Waals surface area contributed by atoms with Crippen molar-refractivity contribution in [1.82, 2.24) is 25.6 Å². The minimum Gasteiger partial charge on any atom is -0.493 e. The van der Waals surface area contributed by atoms with E-state index in [1.54, 1.807) is 12.3 Å². The van der Waals surface area contributed by atoms with Gasteiger partial charge in [-0.05, 0) is 83.7 Å². The molecule has 1 aromatic carbocycles. The van der Waals surface area contributed by atoms with Crippen molar-refractivity contribution in [2.75, 3.05) is 19.7 Å². The fourth-order valence-corrected chi connectivity index (χ4v) is 4.00. The largest absolute Gasteiger partial charge is 0.493 e. The summed E-state index contributed by atoms with van der Waals surface area (Å²) in [6.07, 6.45) is 7.19. The molecule has 3 heterocycles. The number of amides is 1. The molecule has 3 N–H and O–H groups in total. The van der Waals surface area contributed by atoms with E-state index in [9.17, 15) is 14.0 Å². The van der Waals surface area contributed by atoms with Gasteiger partial charge in [-0.1, -0.05) is 0 Å². The van der Waals surface area contributed by atoms with E-state index in [-0.39, 0.29) is 23.4 Å². The summed E-state index contributed by atoms with van der Waals surface area (Å²) in [6, 6.07) is 4.58. The first kappa shape index (κ1) is 26.5. The van der Waals surface area contributed by atoms with Crippen LogP contribution in [0.1, 0.15) is 56.8 Å². The number of carbonyl (C=O) groups excluding carboxylic acids is 2. The van der Waals surface area contributed by atoms with Crippen molar-refractivity contribution in [3.63, 3.8) is 0 Å². The summed E-state index contributed by atoms with van der Waals surface area (Å²) >= 11 is 0. The van der Waals surface area contributed by atoms with Gasteiger partial charge < -0.3 is 25.1 Å². The van der Waals surface area contributed by atoms with Gasteiger partial charge >= 0.3 is 0 Å². The molecule has 0 spiro atoms. The van der Waals surface area contributed by atoms with Gasteiger partial charge in [-0.25, -0.2) is 14.4 Å². The van der Waals surface area contributed by atoms with Crippen LogP contribution < -0.4 is 15.4 Å². The Balaban J connectivity index is 0.000000405. The number of nitrogens with one attached hydrogen (secondary N) is 3. The molecule has 37 heavy (non-hydrogen) atoms. The third-order valence-electron chi connectivity index (χ3n) is 6.15. The van der Waals surface area contributed by atoms with Crippen molar-refractivity contribution in [3.05, 3.63) is 42.1 Å². The number of piperidine rings is 1. The predicted octanol–water partition coefficient (Wildman–Crippen LogP) is 3.99. The van der Waals surface area contributed by atoms with E-state index in [0.717, 1.165) is 25.9 Å². The van der Waals surface area contributed by atoms with Crippen LogP contribution in [0.15, 0.2) is 30.7 Å². The number of H-pyrrole nitrogens is 1. The number of nitrogens with zero attached hydrogens (tertiary/aromatic N) is 2. The lowest BCUT2D eigenvalue weighted by atomic mass is 10.1. The lowest BCUT2D eigenvalue weighted by Crippen LogP contribution is -2.42. The smallest absolute Gasteiger partial charge is 0.293 e. The zero-order chi connectivity index (χ0) is 26.4. The molecule has 0 radical (unpaired) electrons. The molecule has 3 aromatic rings. The normalized spacial score (nSPS) is 16.0. The summed E-state index contributed by atoms with van der Waals surface area (Å²) in [6.45, 7) is 8.33. The molecule has 2 aliphatic rings. The summed E-state index contributed by atoms with van der Waals surface area (Å²) in [5, 5.41) is 6.38. The molecule has 0 unspecified atom stereocenters. The van der Waals surface area contributed by atoms with Crippen molar-refractivity contribution in [3.8, 4) is 17.0 Å². The second-order valence-corrected chi connectivity index (χ2v) is 10.4. The van der Waals surface area contributed by atoms with E-state index in [0.29, 0.717) is 52.6 Å². The van der Waals surface area contributed by atoms with Gasteiger partial charge in [-0.15, -0.1) is 0 Å². The highest BCUT2D eigenvalue weighted by atomic mass is 19.1. The summed E-state index contributed by atoms with van der Waals surface area (Å²) in [5.74, 6) is 0.621. The number of aromatic nitrogens is 3. The second-order valence-electron chi connectivity index (χ2n) is 10.4. The maximum absolute atomic E-state index is 14.1. The Kier molecular flexibility index (Phi) is 8.38. The maximum atomic E-state index is 14.1. The van der Waals surface area contributed by atoms with Crippen LogP contribution >= 0.6 is 0 Å². The summed E-state index contributed by atoms with van der Waals surface area (Å²) < 4.78 is 24.6. The highest BCUT2D eigenvalue weighted by Gasteiger charge is 2.24. The first-order valence-corrected chi connectivity index (χ1v) is 12.6. The first-order chi connectivity index (χ1) is 17.7. The van der Waals surface area contributed by atoms with Gasteiger partial charge in [-0.2, -0.15) is 0 Å². The van der Waals surface area contributed by atoms with Crippen molar-refractivity contribution in [2.45, 2.75) is 58.1 Å². The van der Waals surface area contributed by atoms with Gasteiger partial charge in [0.2, 0.25) is 0 Å². The molecular weight excluding hydrogens is 477 g/mol. The molecule has 1 saturated heterocycles. The Bertz CT molecular complexity index is 1230. The van der Waals surface area contributed by atoms with Gasteiger partial charge in [0.05, 0.1) is 17.7 Å². The van der Waals surface area contributed by atoms with E-state index in [1.807, 2.05) is 20.8 Å². The van der Waals surface area contributed by atoms with Crippen molar-refractivity contribution >= 4 is 23.4 Å². The highest BCUT2D eigenvalue weighted by Crippen LogP contribution is 2.36. The fourth-order valence-electron chi connectivity index (χ4n) is 4.00. The number of halogens is 1. The zero-order valence-corrected chi connectivity index (χ0v) is 21.5. The monoisotopic (exact) mass is 511 g/mol. The standard InChI is InChI=1S/C22H24FN5O2.C5H10O2/c23-14-3-4-18(30-11-13-1-2-13)16(9-14)19-21-20(27-12-26-19)17(10-25-21)22(29)28-15-5-7-24-8-6-15;1-5(2,3)7-4-6/h3-4,9-10,12-13,15,24-25H,1-2,5-8,11H2,(H,28,29);4H,1-3H3. The van der Waals surface area contributed by atoms with Gasteiger partial charge in [0.25, 0.3) is 12.4 Å². The number of carbonyl (C=O) groups is 2. The van der Waals surface area contributed by atoms with Crippen LogP contribution in [-0.2, 0) is 9.53 Å². The molecule has 1 saturated carbocycles. The lowest BCUT2D eigenvalue weighted by Gasteiger charge is -2.23. The topological polar surface area (TPSA) is 118 Å². The molecular formula is C27H34FN5O4. The van der Waals surface area contributed by atoms with Crippen LogP contribution in [0.25, 0.3) is 22.3 Å². The van der Waals surface area contributed by atoms with Crippen molar-refractivity contribution < 1.29 is 23.5 Å². The predicted molar refractivity (Wildman–Crippen MR) is 138 cm³/mol. The van der Waals surface area contributed by atoms with E-state index < -0.39 is 0 Å². The number of benzene rings is 1. The third-order valence-corrected chi connectivity index (χ3v) is 6.15. The quantitative estimate of drug-likeness (QED) is 0.411. The van der Waals surface area contributed by atoms with E-state index >= 15 is 0 Å². The molecule has 1 aliphatic heterocycles. The first-order valence-electron chi connectivity index (χ1n) is 12.6. The molecule has 0 bridgehead atoms. The Morgan fingerprint density at radius 2 is 1.95 bits per heavy atom. The number of hydrogen-bond acceptors (Lipinski definition) is 7. The minimum atomic E-state index is -0.369. The number of aromatic amines is 1. The minimum absolute atomic E-state index is 0.149. The average molecular weight is 512 g/mol. The Labute approximate surface area is 215 Å². The van der Waals surface area contributed by atoms with Gasteiger partial charge in [0.15, 0.2) is 0 Å². The highest BCUT2D eigenvalue weighted by molar-refractivity contribution is 6.07. The Morgan fingerprint density at radius 3 is 2.59 bits per heavy atom. The van der Waals surface area contributed by atoms with E-state index in [4.69, 9.17) is 4.74 Å². The maximum Gasteiger partial charge on any atom is 0.293 e. The third kappa shape index (κ3) is 7.25. The molecule has 198 valence electrons. The summed E-state index contributed by atoms with van der Waals surface area (Å²) in [7, 11) is 0. The zero-order valence-electron chi connectivity index (χ0n) is 21.5. The molecule has 1 aliphatic carbocycles. The molecule has 2 aromatic heterocycles. The van der Waals surface area contributed by atoms with Crippen LogP contribution in [-0.4, -0.2) is 58.7 Å². The molecule has 0 atom stereocenters. The van der Waals surface area contributed by atoms with E-state index in [1.165, 1.54) is 31.3 Å². The molecule has 5 rings (SSSR count). The van der Waals surface area contributed by atoms with Crippen LogP contribution in [0.4, 0.5) is 4.39 Å². The van der Waals surface area contributed by atoms with Crippen LogP contribution in [0.5, 0.6) is 5.75 Å². The SMILES string of the molecule is CC(C)(C)OC=O.O=C(NC1CCNCC1)c1c[nH]c2c(-c3cc(F)ccc3OCC3CC3)ncnc12.